The molecule has 0 aliphatic rings. The van der Waals surface area contributed by atoms with Crippen molar-refractivity contribution in [2.45, 2.75) is 52.5 Å². The van der Waals surface area contributed by atoms with Crippen molar-refractivity contribution in [3.05, 3.63) is 0 Å². The molecule has 0 aliphatic heterocycles. The molecular weight excluding hydrogens is 252 g/mol. The minimum Gasteiger partial charge on any atom is -0.354 e. The number of nitrogens with one attached hydrogen (secondary N) is 2. The highest BCUT2D eigenvalue weighted by Gasteiger charge is 2.25. The Balaban J connectivity index is 3.09. The molecule has 0 bridgehead atoms. The van der Waals surface area contributed by atoms with Crippen molar-refractivity contribution in [2.75, 3.05) is 36.2 Å². The Kier molecular flexibility index (Phi) is 5.98. The zero-order chi connectivity index (χ0) is 15.2. The summed E-state index contributed by atoms with van der Waals surface area (Å²) >= 11 is 0. The molecule has 0 spiro atoms. The molecule has 2 N–H and O–H groups in total. The van der Waals surface area contributed by atoms with E-state index in [0.29, 0.717) is 17.8 Å². The summed E-state index contributed by atoms with van der Waals surface area (Å²) in [5.41, 5.74) is 0.0500. The van der Waals surface area contributed by atoms with Gasteiger partial charge in [0, 0.05) is 26.2 Å². The highest BCUT2D eigenvalue weighted by molar-refractivity contribution is 5.44. The second-order valence-corrected chi connectivity index (χ2v) is 5.17. The number of hydrogen-bond donors (Lipinski definition) is 2. The summed E-state index contributed by atoms with van der Waals surface area (Å²) in [7, 11) is 3.86. The van der Waals surface area contributed by atoms with Crippen molar-refractivity contribution in [1.29, 1.82) is 0 Å². The van der Waals surface area contributed by atoms with E-state index in [1.54, 1.807) is 0 Å². The summed E-state index contributed by atoms with van der Waals surface area (Å²) in [6, 6.07) is 0. The van der Waals surface area contributed by atoms with Gasteiger partial charge in [-0.05, 0) is 26.2 Å². The number of hydrogen-bond acceptors (Lipinski definition) is 6. The average molecular weight is 280 g/mol. The van der Waals surface area contributed by atoms with Gasteiger partial charge in [0.15, 0.2) is 0 Å². The van der Waals surface area contributed by atoms with Crippen molar-refractivity contribution in [3.63, 3.8) is 0 Å². The summed E-state index contributed by atoms with van der Waals surface area (Å²) in [5.74, 6) is 1.92. The van der Waals surface area contributed by atoms with Crippen LogP contribution in [0.1, 0.15) is 47.0 Å². The van der Waals surface area contributed by atoms with E-state index < -0.39 is 0 Å². The van der Waals surface area contributed by atoms with E-state index in [1.807, 2.05) is 25.9 Å². The van der Waals surface area contributed by atoms with Crippen molar-refractivity contribution >= 4 is 17.8 Å². The van der Waals surface area contributed by atoms with Gasteiger partial charge in [0.05, 0.1) is 0 Å². The first-order chi connectivity index (χ1) is 9.50. The third kappa shape index (κ3) is 3.95. The molecule has 1 aromatic heterocycles. The highest BCUT2D eigenvalue weighted by atomic mass is 15.3. The van der Waals surface area contributed by atoms with Crippen molar-refractivity contribution in [3.8, 4) is 0 Å². The lowest BCUT2D eigenvalue weighted by molar-refractivity contribution is 0.417. The predicted octanol–water partition coefficient (Wildman–Crippen LogP) is 2.75. The van der Waals surface area contributed by atoms with Gasteiger partial charge in [0.2, 0.25) is 17.8 Å². The Hall–Kier alpha value is -1.59. The fourth-order valence-corrected chi connectivity index (χ4v) is 2.11. The van der Waals surface area contributed by atoms with Gasteiger partial charge in [-0.15, -0.1) is 0 Å². The van der Waals surface area contributed by atoms with Gasteiger partial charge in [-0.1, -0.05) is 20.8 Å². The largest absolute Gasteiger partial charge is 0.354 e. The smallest absolute Gasteiger partial charge is 0.231 e. The fraction of sp³-hybridized carbons (Fsp3) is 0.786. The van der Waals surface area contributed by atoms with Crippen LogP contribution < -0.4 is 15.5 Å². The van der Waals surface area contributed by atoms with Crippen molar-refractivity contribution in [2.24, 2.45) is 0 Å². The Bertz CT molecular complexity index is 406. The third-order valence-corrected chi connectivity index (χ3v) is 3.77. The number of rotatable bonds is 8. The van der Waals surface area contributed by atoms with E-state index in [1.165, 1.54) is 0 Å². The van der Waals surface area contributed by atoms with Crippen LogP contribution >= 0.6 is 0 Å². The van der Waals surface area contributed by atoms with Crippen molar-refractivity contribution in [1.82, 2.24) is 15.0 Å². The lowest BCUT2D eigenvalue weighted by Crippen LogP contribution is -2.37. The van der Waals surface area contributed by atoms with Crippen LogP contribution in [-0.4, -0.2) is 41.1 Å². The summed E-state index contributed by atoms with van der Waals surface area (Å²) in [6.07, 6.45) is 3.12. The number of anilines is 3. The molecule has 0 aliphatic carbocycles. The number of aromatic nitrogens is 3. The lowest BCUT2D eigenvalue weighted by atomic mass is 9.90. The van der Waals surface area contributed by atoms with Crippen LogP contribution in [0.15, 0.2) is 0 Å². The van der Waals surface area contributed by atoms with E-state index in [2.05, 4.69) is 46.4 Å². The molecular formula is C14H28N6. The summed E-state index contributed by atoms with van der Waals surface area (Å²) in [4.78, 5) is 15.2. The molecule has 0 atom stereocenters. The molecule has 20 heavy (non-hydrogen) atoms. The topological polar surface area (TPSA) is 66.0 Å². The molecule has 0 saturated heterocycles. The van der Waals surface area contributed by atoms with Crippen LogP contribution in [0, 0.1) is 0 Å². The second kappa shape index (κ2) is 7.26. The van der Waals surface area contributed by atoms with Crippen LogP contribution in [0.3, 0.4) is 0 Å². The monoisotopic (exact) mass is 280 g/mol. The Morgan fingerprint density at radius 1 is 0.900 bits per heavy atom. The quantitative estimate of drug-likeness (QED) is 0.763. The molecule has 1 aromatic rings. The fourth-order valence-electron chi connectivity index (χ4n) is 2.11. The van der Waals surface area contributed by atoms with Gasteiger partial charge in [-0.2, -0.15) is 15.0 Å². The molecule has 0 aromatic carbocycles. The Morgan fingerprint density at radius 3 is 1.90 bits per heavy atom. The SMILES string of the molecule is CCNc1nc(NC(CC)(CC)CC)nc(N(C)C)n1. The molecule has 0 unspecified atom stereocenters. The molecule has 0 saturated carbocycles. The molecule has 6 nitrogen and oxygen atoms in total. The molecule has 6 heteroatoms. The minimum atomic E-state index is 0.0500. The predicted molar refractivity (Wildman–Crippen MR) is 85.5 cm³/mol. The van der Waals surface area contributed by atoms with Crippen LogP contribution in [0.25, 0.3) is 0 Å². The molecule has 0 radical (unpaired) electrons. The maximum absolute atomic E-state index is 4.50. The average Bonchev–Trinajstić information content (AvgIpc) is 2.45. The van der Waals surface area contributed by atoms with Gasteiger partial charge >= 0.3 is 0 Å². The van der Waals surface area contributed by atoms with E-state index >= 15 is 0 Å². The van der Waals surface area contributed by atoms with E-state index in [4.69, 9.17) is 0 Å². The number of nitrogens with zero attached hydrogens (tertiary/aromatic N) is 4. The highest BCUT2D eigenvalue weighted by Crippen LogP contribution is 2.24. The van der Waals surface area contributed by atoms with E-state index in [0.717, 1.165) is 25.8 Å². The zero-order valence-corrected chi connectivity index (χ0v) is 13.6. The van der Waals surface area contributed by atoms with Crippen molar-refractivity contribution < 1.29 is 0 Å². The molecule has 0 fully saturated rings. The Labute approximate surface area is 122 Å². The maximum atomic E-state index is 4.50. The minimum absolute atomic E-state index is 0.0500. The van der Waals surface area contributed by atoms with E-state index in [-0.39, 0.29) is 5.54 Å². The zero-order valence-electron chi connectivity index (χ0n) is 13.6. The van der Waals surface area contributed by atoms with E-state index in [9.17, 15) is 0 Å². The first-order valence-corrected chi connectivity index (χ1v) is 7.45. The molecule has 114 valence electrons. The lowest BCUT2D eigenvalue weighted by Gasteiger charge is -2.32. The second-order valence-electron chi connectivity index (χ2n) is 5.17. The van der Waals surface area contributed by atoms with Gasteiger partial charge in [-0.3, -0.25) is 0 Å². The van der Waals surface area contributed by atoms with Gasteiger partial charge < -0.3 is 15.5 Å². The third-order valence-electron chi connectivity index (χ3n) is 3.77. The molecule has 1 rings (SSSR count). The van der Waals surface area contributed by atoms with Gasteiger partial charge in [0.1, 0.15) is 0 Å². The van der Waals surface area contributed by atoms with Crippen LogP contribution in [0.4, 0.5) is 17.8 Å². The first kappa shape index (κ1) is 16.5. The molecule has 1 heterocycles. The van der Waals surface area contributed by atoms with Crippen LogP contribution in [0.5, 0.6) is 0 Å². The van der Waals surface area contributed by atoms with Crippen LogP contribution in [-0.2, 0) is 0 Å². The van der Waals surface area contributed by atoms with Gasteiger partial charge in [-0.25, -0.2) is 0 Å². The normalized spacial score (nSPS) is 11.3. The standard InChI is InChI=1S/C14H28N6/c1-7-14(8-2,9-3)19-12-16-11(15-10-4)17-13(18-12)20(5)6/h7-10H2,1-6H3,(H2,15,16,17,18,19). The summed E-state index contributed by atoms with van der Waals surface area (Å²) in [5, 5.41) is 6.66. The molecule has 0 amide bonds. The Morgan fingerprint density at radius 2 is 1.45 bits per heavy atom. The van der Waals surface area contributed by atoms with Gasteiger partial charge in [0.25, 0.3) is 0 Å². The first-order valence-electron chi connectivity index (χ1n) is 7.45. The summed E-state index contributed by atoms with van der Waals surface area (Å²) < 4.78 is 0. The summed E-state index contributed by atoms with van der Waals surface area (Å²) in [6.45, 7) is 9.40. The van der Waals surface area contributed by atoms with Crippen LogP contribution in [0.2, 0.25) is 0 Å². The maximum Gasteiger partial charge on any atom is 0.231 e.